The minimum Gasteiger partial charge on any atom is -0.368 e. The van der Waals surface area contributed by atoms with Crippen molar-refractivity contribution in [3.63, 3.8) is 0 Å². The maximum absolute atomic E-state index is 13.4. The van der Waals surface area contributed by atoms with Crippen molar-refractivity contribution in [2.45, 2.75) is 31.4 Å². The zero-order valence-electron chi connectivity index (χ0n) is 15.5. The quantitative estimate of drug-likeness (QED) is 0.840. The molecule has 4 N–H and O–H groups in total. The maximum atomic E-state index is 13.4. The summed E-state index contributed by atoms with van der Waals surface area (Å²) >= 11 is 0. The van der Waals surface area contributed by atoms with Crippen LogP contribution in [0.25, 0.3) is 0 Å². The van der Waals surface area contributed by atoms with Crippen LogP contribution in [-0.4, -0.2) is 35.8 Å². The topological polar surface area (TPSA) is 81.1 Å². The molecule has 1 saturated heterocycles. The van der Waals surface area contributed by atoms with Gasteiger partial charge in [-0.15, -0.1) is 0 Å². The summed E-state index contributed by atoms with van der Waals surface area (Å²) in [6, 6.07) is 10.0. The Balaban J connectivity index is 1.73. The van der Waals surface area contributed by atoms with Gasteiger partial charge in [-0.1, -0.05) is 30.3 Å². The minimum absolute atomic E-state index is 0.00390. The first-order valence-corrected chi connectivity index (χ1v) is 9.61. The number of anilines is 2. The molecule has 2 aromatic rings. The summed E-state index contributed by atoms with van der Waals surface area (Å²) in [5, 5.41) is 0. The van der Waals surface area contributed by atoms with E-state index in [1.807, 2.05) is 18.2 Å². The first kappa shape index (κ1) is 19.0. The van der Waals surface area contributed by atoms with Gasteiger partial charge in [-0.05, 0) is 31.4 Å². The molecule has 1 aliphatic carbocycles. The molecule has 1 aliphatic heterocycles. The average molecular weight is 391 g/mol. The highest BCUT2D eigenvalue weighted by atomic mass is 19.4. The van der Waals surface area contributed by atoms with Crippen LogP contribution in [0.15, 0.2) is 30.3 Å². The van der Waals surface area contributed by atoms with E-state index in [1.165, 1.54) is 0 Å². The van der Waals surface area contributed by atoms with Gasteiger partial charge in [0.05, 0.1) is 11.6 Å². The van der Waals surface area contributed by atoms with E-state index >= 15 is 0 Å². The van der Waals surface area contributed by atoms with E-state index in [1.54, 1.807) is 4.90 Å². The molecule has 150 valence electrons. The summed E-state index contributed by atoms with van der Waals surface area (Å²) in [6.45, 7) is 0.0971. The first-order valence-electron chi connectivity index (χ1n) is 9.61. The number of aromatic nitrogens is 2. The van der Waals surface area contributed by atoms with Gasteiger partial charge in [0.15, 0.2) is 0 Å². The number of alkyl halides is 3. The smallest absolute Gasteiger partial charge is 0.368 e. The first-order chi connectivity index (χ1) is 13.4. The largest absolute Gasteiger partial charge is 0.393 e. The van der Waals surface area contributed by atoms with Gasteiger partial charge in [-0.3, -0.25) is 0 Å². The highest BCUT2D eigenvalue weighted by Gasteiger charge is 2.50. The van der Waals surface area contributed by atoms with Crippen LogP contribution >= 0.6 is 0 Å². The lowest BCUT2D eigenvalue weighted by Gasteiger charge is -2.29. The van der Waals surface area contributed by atoms with E-state index in [4.69, 9.17) is 11.5 Å². The van der Waals surface area contributed by atoms with Gasteiger partial charge >= 0.3 is 6.18 Å². The average Bonchev–Trinajstić information content (AvgIpc) is 3.12. The second-order valence-corrected chi connectivity index (χ2v) is 7.67. The standard InChI is InChI=1S/C20H24F3N5/c21-20(22,23)16-11-28(10-13(16)9-24)18-15-8-4-7-14(12-5-2-1-3-6-12)17(15)26-19(25)27-18/h1-3,5-6,13-14,16H,4,7-11,24H2,(H2,25,26,27)/t13-,14?,16-/m0/s1. The summed E-state index contributed by atoms with van der Waals surface area (Å²) in [5.41, 5.74) is 14.5. The SMILES string of the molecule is NC[C@H]1CN(c2nc(N)nc3c2CCCC3c2ccccc2)C[C@@H]1C(F)(F)F. The normalized spacial score (nSPS) is 25.0. The fourth-order valence-electron chi connectivity index (χ4n) is 4.58. The van der Waals surface area contributed by atoms with Crippen molar-refractivity contribution in [3.8, 4) is 0 Å². The van der Waals surface area contributed by atoms with Crippen LogP contribution in [0.2, 0.25) is 0 Å². The minimum atomic E-state index is -4.27. The molecule has 0 bridgehead atoms. The molecular weight excluding hydrogens is 367 g/mol. The predicted octanol–water partition coefficient (Wildman–Crippen LogP) is 3.10. The maximum Gasteiger partial charge on any atom is 0.393 e. The number of rotatable bonds is 3. The third kappa shape index (κ3) is 3.41. The van der Waals surface area contributed by atoms with Crippen LogP contribution in [0.1, 0.15) is 35.6 Å². The summed E-state index contributed by atoms with van der Waals surface area (Å²) in [4.78, 5) is 10.6. The third-order valence-corrected chi connectivity index (χ3v) is 5.95. The van der Waals surface area contributed by atoms with Crippen molar-refractivity contribution < 1.29 is 13.2 Å². The van der Waals surface area contributed by atoms with Crippen molar-refractivity contribution >= 4 is 11.8 Å². The molecule has 1 unspecified atom stereocenters. The highest BCUT2D eigenvalue weighted by molar-refractivity contribution is 5.56. The molecule has 8 heteroatoms. The van der Waals surface area contributed by atoms with Gasteiger partial charge in [0.1, 0.15) is 5.82 Å². The lowest BCUT2D eigenvalue weighted by molar-refractivity contribution is -0.177. The number of nitrogen functional groups attached to an aromatic ring is 1. The van der Waals surface area contributed by atoms with Gasteiger partial charge in [-0.25, -0.2) is 4.98 Å². The summed E-state index contributed by atoms with van der Waals surface area (Å²) < 4.78 is 40.3. The van der Waals surface area contributed by atoms with Gasteiger partial charge < -0.3 is 16.4 Å². The van der Waals surface area contributed by atoms with Crippen molar-refractivity contribution in [2.24, 2.45) is 17.6 Å². The predicted molar refractivity (Wildman–Crippen MR) is 102 cm³/mol. The second-order valence-electron chi connectivity index (χ2n) is 7.67. The van der Waals surface area contributed by atoms with Crippen LogP contribution in [0.3, 0.4) is 0 Å². The Morgan fingerprint density at radius 2 is 1.86 bits per heavy atom. The molecule has 0 saturated carbocycles. The van der Waals surface area contributed by atoms with Crippen molar-refractivity contribution in [1.29, 1.82) is 0 Å². The van der Waals surface area contributed by atoms with Gasteiger partial charge in [0.25, 0.3) is 0 Å². The number of hydrogen-bond donors (Lipinski definition) is 2. The van der Waals surface area contributed by atoms with E-state index in [2.05, 4.69) is 22.1 Å². The van der Waals surface area contributed by atoms with Gasteiger partial charge in [-0.2, -0.15) is 18.2 Å². The van der Waals surface area contributed by atoms with E-state index in [0.717, 1.165) is 36.1 Å². The Morgan fingerprint density at radius 3 is 2.50 bits per heavy atom. The van der Waals surface area contributed by atoms with Crippen molar-refractivity contribution in [1.82, 2.24) is 9.97 Å². The molecule has 0 radical (unpaired) electrons. The summed E-state index contributed by atoms with van der Waals surface area (Å²) in [6.07, 6.45) is -1.66. The van der Waals surface area contributed by atoms with Crippen molar-refractivity contribution in [2.75, 3.05) is 30.3 Å². The van der Waals surface area contributed by atoms with Gasteiger partial charge in [0.2, 0.25) is 5.95 Å². The van der Waals surface area contributed by atoms with Gasteiger partial charge in [0, 0.05) is 30.5 Å². The number of nitrogens with zero attached hydrogens (tertiary/aromatic N) is 3. The van der Waals surface area contributed by atoms with Crippen LogP contribution in [0, 0.1) is 11.8 Å². The Morgan fingerprint density at radius 1 is 1.11 bits per heavy atom. The van der Waals surface area contributed by atoms with Crippen LogP contribution in [0.5, 0.6) is 0 Å². The van der Waals surface area contributed by atoms with E-state index < -0.39 is 18.0 Å². The van der Waals surface area contributed by atoms with E-state index in [9.17, 15) is 13.2 Å². The molecule has 2 aliphatic rings. The summed E-state index contributed by atoms with van der Waals surface area (Å²) in [5.74, 6) is -1.34. The monoisotopic (exact) mass is 391 g/mol. The molecule has 28 heavy (non-hydrogen) atoms. The number of hydrogen-bond acceptors (Lipinski definition) is 5. The fourth-order valence-corrected chi connectivity index (χ4v) is 4.58. The Labute approximate surface area is 162 Å². The van der Waals surface area contributed by atoms with Crippen molar-refractivity contribution in [3.05, 3.63) is 47.2 Å². The third-order valence-electron chi connectivity index (χ3n) is 5.95. The Kier molecular flexibility index (Phi) is 4.91. The number of nitrogens with two attached hydrogens (primary N) is 2. The molecule has 5 nitrogen and oxygen atoms in total. The Bertz CT molecular complexity index is 840. The molecular formula is C20H24F3N5. The number of fused-ring (bicyclic) bond motifs is 1. The summed E-state index contributed by atoms with van der Waals surface area (Å²) in [7, 11) is 0. The number of benzene rings is 1. The zero-order valence-corrected chi connectivity index (χ0v) is 15.5. The van der Waals surface area contributed by atoms with Crippen LogP contribution < -0.4 is 16.4 Å². The number of halogens is 3. The zero-order chi connectivity index (χ0) is 19.9. The molecule has 4 rings (SSSR count). The lowest BCUT2D eigenvalue weighted by Crippen LogP contribution is -2.33. The van der Waals surface area contributed by atoms with E-state index in [-0.39, 0.29) is 31.5 Å². The van der Waals surface area contributed by atoms with Crippen LogP contribution in [0.4, 0.5) is 24.9 Å². The molecule has 1 aromatic heterocycles. The molecule has 1 fully saturated rings. The second kappa shape index (κ2) is 7.24. The van der Waals surface area contributed by atoms with E-state index in [0.29, 0.717) is 5.82 Å². The van der Waals surface area contributed by atoms with Crippen LogP contribution in [-0.2, 0) is 6.42 Å². The molecule has 1 aromatic carbocycles. The molecule has 0 spiro atoms. The Hall–Kier alpha value is -2.35. The highest BCUT2D eigenvalue weighted by Crippen LogP contribution is 2.43. The lowest BCUT2D eigenvalue weighted by atomic mass is 9.82. The fraction of sp³-hybridized carbons (Fsp3) is 0.500. The molecule has 0 amide bonds. The molecule has 2 heterocycles. The molecule has 3 atom stereocenters.